The minimum Gasteiger partial charge on any atom is -0.461 e. The van der Waals surface area contributed by atoms with Crippen LogP contribution in [0.15, 0.2) is 59.2 Å². The Balaban J connectivity index is 1.89. The third-order valence-electron chi connectivity index (χ3n) is 3.56. The van der Waals surface area contributed by atoms with Gasteiger partial charge in [0.2, 0.25) is 5.82 Å². The Morgan fingerprint density at radius 3 is 2.73 bits per heavy atom. The summed E-state index contributed by atoms with van der Waals surface area (Å²) in [7, 11) is 0. The fourth-order valence-electron chi connectivity index (χ4n) is 2.51. The number of aromatic nitrogens is 3. The lowest BCUT2D eigenvalue weighted by molar-refractivity contribution is 0.577. The number of anilines is 1. The second-order valence-corrected chi connectivity index (χ2v) is 5.22. The van der Waals surface area contributed by atoms with Crippen LogP contribution in [0.3, 0.4) is 0 Å². The minimum absolute atomic E-state index is 0.526. The van der Waals surface area contributed by atoms with Crippen LogP contribution in [0.4, 0.5) is 5.82 Å². The van der Waals surface area contributed by atoms with Gasteiger partial charge < -0.3 is 10.2 Å². The number of nitrogens with two attached hydrogens (primary N) is 1. The van der Waals surface area contributed by atoms with Gasteiger partial charge >= 0.3 is 0 Å². The highest BCUT2D eigenvalue weighted by atomic mass is 16.3. The minimum atomic E-state index is 0.526. The maximum absolute atomic E-state index is 6.13. The van der Waals surface area contributed by atoms with E-state index in [1.54, 1.807) is 10.8 Å². The number of nitrogen functional groups attached to an aromatic ring is 1. The highest BCUT2D eigenvalue weighted by Gasteiger charge is 2.12. The molecule has 2 N–H and O–H groups in total. The smallest absolute Gasteiger partial charge is 0.217 e. The number of pyridine rings is 1. The first-order valence-corrected chi connectivity index (χ1v) is 6.98. The first kappa shape index (κ1) is 12.6. The van der Waals surface area contributed by atoms with E-state index >= 15 is 0 Å². The van der Waals surface area contributed by atoms with Crippen LogP contribution in [0.5, 0.6) is 0 Å². The SMILES string of the molecule is Cc1cccc(-c2cc(N)n3nc(-c4ccco4)nc3c2)c1. The number of fused-ring (bicyclic) bond motifs is 1. The average Bonchev–Trinajstić information content (AvgIpc) is 3.16. The molecule has 0 atom stereocenters. The average molecular weight is 290 g/mol. The summed E-state index contributed by atoms with van der Waals surface area (Å²) in [5, 5.41) is 4.39. The summed E-state index contributed by atoms with van der Waals surface area (Å²) in [5.74, 6) is 1.69. The fourth-order valence-corrected chi connectivity index (χ4v) is 2.51. The topological polar surface area (TPSA) is 69.3 Å². The van der Waals surface area contributed by atoms with E-state index in [-0.39, 0.29) is 0 Å². The van der Waals surface area contributed by atoms with Crippen molar-refractivity contribution in [1.29, 1.82) is 0 Å². The molecule has 0 amide bonds. The predicted molar refractivity (Wildman–Crippen MR) is 85.3 cm³/mol. The second-order valence-electron chi connectivity index (χ2n) is 5.22. The van der Waals surface area contributed by atoms with Crippen LogP contribution < -0.4 is 5.73 Å². The lowest BCUT2D eigenvalue weighted by Gasteiger charge is -2.05. The van der Waals surface area contributed by atoms with Gasteiger partial charge in [-0.2, -0.15) is 4.52 Å². The molecule has 0 aliphatic carbocycles. The van der Waals surface area contributed by atoms with Crippen molar-refractivity contribution in [2.45, 2.75) is 6.92 Å². The quantitative estimate of drug-likeness (QED) is 0.613. The van der Waals surface area contributed by atoms with Gasteiger partial charge in [0.1, 0.15) is 5.82 Å². The van der Waals surface area contributed by atoms with E-state index in [9.17, 15) is 0 Å². The zero-order valence-corrected chi connectivity index (χ0v) is 12.0. The van der Waals surface area contributed by atoms with E-state index in [0.717, 1.165) is 11.1 Å². The summed E-state index contributed by atoms with van der Waals surface area (Å²) < 4.78 is 6.96. The third-order valence-corrected chi connectivity index (χ3v) is 3.56. The van der Waals surface area contributed by atoms with Gasteiger partial charge in [-0.1, -0.05) is 29.8 Å². The third kappa shape index (κ3) is 2.03. The summed E-state index contributed by atoms with van der Waals surface area (Å²) in [4.78, 5) is 4.50. The Morgan fingerprint density at radius 1 is 1.05 bits per heavy atom. The monoisotopic (exact) mass is 290 g/mol. The van der Waals surface area contributed by atoms with Crippen LogP contribution in [0.2, 0.25) is 0 Å². The van der Waals surface area contributed by atoms with Gasteiger partial charge in [0.25, 0.3) is 0 Å². The van der Waals surface area contributed by atoms with Crippen LogP contribution in [-0.4, -0.2) is 14.6 Å². The zero-order chi connectivity index (χ0) is 15.1. The van der Waals surface area contributed by atoms with Crippen LogP contribution in [0, 0.1) is 6.92 Å². The Kier molecular flexibility index (Phi) is 2.72. The van der Waals surface area contributed by atoms with Crippen LogP contribution in [-0.2, 0) is 0 Å². The van der Waals surface area contributed by atoms with Crippen molar-refractivity contribution >= 4 is 11.5 Å². The summed E-state index contributed by atoms with van der Waals surface area (Å²) in [6.45, 7) is 2.07. The molecule has 5 heteroatoms. The molecule has 4 aromatic rings. The fraction of sp³-hybridized carbons (Fsp3) is 0.0588. The molecule has 0 saturated carbocycles. The van der Waals surface area contributed by atoms with Crippen LogP contribution in [0.25, 0.3) is 28.4 Å². The molecule has 0 aliphatic heterocycles. The van der Waals surface area contributed by atoms with E-state index in [2.05, 4.69) is 35.2 Å². The van der Waals surface area contributed by atoms with Gasteiger partial charge in [0.15, 0.2) is 11.4 Å². The van der Waals surface area contributed by atoms with Crippen molar-refractivity contribution in [1.82, 2.24) is 14.6 Å². The molecule has 4 rings (SSSR count). The molecule has 0 spiro atoms. The van der Waals surface area contributed by atoms with E-state index in [1.165, 1.54) is 5.56 Å². The van der Waals surface area contributed by atoms with Crippen molar-refractivity contribution in [2.24, 2.45) is 0 Å². The van der Waals surface area contributed by atoms with Crippen molar-refractivity contribution in [3.05, 3.63) is 60.4 Å². The summed E-state index contributed by atoms with van der Waals surface area (Å²) in [6.07, 6.45) is 1.60. The molecule has 0 unspecified atom stereocenters. The molecule has 0 fully saturated rings. The predicted octanol–water partition coefficient (Wildman–Crippen LogP) is 3.55. The van der Waals surface area contributed by atoms with Gasteiger partial charge in [-0.05, 0) is 42.3 Å². The molecule has 0 radical (unpaired) electrons. The molecular weight excluding hydrogens is 276 g/mol. The zero-order valence-electron chi connectivity index (χ0n) is 12.0. The Bertz CT molecular complexity index is 954. The molecule has 3 heterocycles. The largest absolute Gasteiger partial charge is 0.461 e. The Hall–Kier alpha value is -3.08. The lowest BCUT2D eigenvalue weighted by Crippen LogP contribution is -1.99. The Morgan fingerprint density at radius 2 is 1.95 bits per heavy atom. The van der Waals surface area contributed by atoms with Crippen molar-refractivity contribution < 1.29 is 4.42 Å². The van der Waals surface area contributed by atoms with E-state index in [4.69, 9.17) is 10.2 Å². The number of hydrogen-bond donors (Lipinski definition) is 1. The molecule has 0 aliphatic rings. The molecule has 0 bridgehead atoms. The van der Waals surface area contributed by atoms with Crippen molar-refractivity contribution in [3.8, 4) is 22.7 Å². The molecule has 1 aromatic carbocycles. The number of furan rings is 1. The first-order chi connectivity index (χ1) is 10.7. The number of rotatable bonds is 2. The Labute approximate surface area is 127 Å². The molecule has 0 saturated heterocycles. The highest BCUT2D eigenvalue weighted by molar-refractivity contribution is 5.72. The maximum Gasteiger partial charge on any atom is 0.217 e. The summed E-state index contributed by atoms with van der Waals surface area (Å²) >= 11 is 0. The van der Waals surface area contributed by atoms with Crippen molar-refractivity contribution in [3.63, 3.8) is 0 Å². The lowest BCUT2D eigenvalue weighted by atomic mass is 10.0. The molecule has 5 nitrogen and oxygen atoms in total. The standard InChI is InChI=1S/C17H14N4O/c1-11-4-2-5-12(8-11)13-9-15(18)21-16(10-13)19-17(20-21)14-6-3-7-22-14/h2-10H,18H2,1H3. The van der Waals surface area contributed by atoms with Crippen LogP contribution >= 0.6 is 0 Å². The number of nitrogens with zero attached hydrogens (tertiary/aromatic N) is 3. The van der Waals surface area contributed by atoms with Gasteiger partial charge in [0, 0.05) is 0 Å². The maximum atomic E-state index is 6.13. The normalized spacial score (nSPS) is 11.1. The summed E-state index contributed by atoms with van der Waals surface area (Å²) in [5.41, 5.74) is 10.2. The van der Waals surface area contributed by atoms with Gasteiger partial charge in [0.05, 0.1) is 6.26 Å². The molecule has 22 heavy (non-hydrogen) atoms. The first-order valence-electron chi connectivity index (χ1n) is 6.98. The van der Waals surface area contributed by atoms with E-state index in [0.29, 0.717) is 23.0 Å². The molecule has 3 aromatic heterocycles. The van der Waals surface area contributed by atoms with Crippen LogP contribution in [0.1, 0.15) is 5.56 Å². The van der Waals surface area contributed by atoms with Gasteiger partial charge in [-0.25, -0.2) is 4.98 Å². The summed E-state index contributed by atoms with van der Waals surface area (Å²) in [6, 6.07) is 15.8. The molecule has 108 valence electrons. The highest BCUT2D eigenvalue weighted by Crippen LogP contribution is 2.26. The number of hydrogen-bond acceptors (Lipinski definition) is 4. The van der Waals surface area contributed by atoms with Gasteiger partial charge in [-0.15, -0.1) is 5.10 Å². The van der Waals surface area contributed by atoms with E-state index in [1.807, 2.05) is 30.3 Å². The number of benzene rings is 1. The van der Waals surface area contributed by atoms with E-state index < -0.39 is 0 Å². The van der Waals surface area contributed by atoms with Crippen molar-refractivity contribution in [2.75, 3.05) is 5.73 Å². The second kappa shape index (κ2) is 4.73. The van der Waals surface area contributed by atoms with Gasteiger partial charge in [-0.3, -0.25) is 0 Å². The number of aryl methyl sites for hydroxylation is 1. The molecular formula is C17H14N4O.